The summed E-state index contributed by atoms with van der Waals surface area (Å²) in [5, 5.41) is 12.0. The van der Waals surface area contributed by atoms with E-state index in [0.717, 1.165) is 23.3 Å². The Kier molecular flexibility index (Phi) is 4.98. The number of halogens is 3. The van der Waals surface area contributed by atoms with Crippen molar-refractivity contribution in [3.8, 4) is 0 Å². The Labute approximate surface area is 121 Å². The zero-order valence-electron chi connectivity index (χ0n) is 11.3. The van der Waals surface area contributed by atoms with Gasteiger partial charge in [0.2, 0.25) is 0 Å². The maximum absolute atomic E-state index is 12.6. The second-order valence-electron chi connectivity index (χ2n) is 4.78. The largest absolute Gasteiger partial charge is 0.416 e. The second-order valence-corrected chi connectivity index (χ2v) is 4.78. The van der Waals surface area contributed by atoms with Crippen LogP contribution in [-0.2, 0) is 25.9 Å². The van der Waals surface area contributed by atoms with Gasteiger partial charge in [0.1, 0.15) is 0 Å². The Hall–Kier alpha value is -1.85. The van der Waals surface area contributed by atoms with Crippen molar-refractivity contribution in [3.05, 3.63) is 70.8 Å². The third kappa shape index (κ3) is 4.58. The van der Waals surface area contributed by atoms with E-state index in [2.05, 4.69) is 5.32 Å². The van der Waals surface area contributed by atoms with E-state index in [1.54, 1.807) is 6.07 Å². The van der Waals surface area contributed by atoms with E-state index in [1.807, 2.05) is 24.3 Å². The van der Waals surface area contributed by atoms with Crippen molar-refractivity contribution in [2.45, 2.75) is 25.9 Å². The summed E-state index contributed by atoms with van der Waals surface area (Å²) in [7, 11) is 0. The molecule has 2 aromatic carbocycles. The monoisotopic (exact) mass is 295 g/mol. The number of nitrogens with one attached hydrogen (secondary N) is 1. The summed E-state index contributed by atoms with van der Waals surface area (Å²) in [5.74, 6) is 0. The molecule has 5 heteroatoms. The van der Waals surface area contributed by atoms with Crippen molar-refractivity contribution in [1.82, 2.24) is 5.32 Å². The van der Waals surface area contributed by atoms with E-state index < -0.39 is 11.7 Å². The second kappa shape index (κ2) is 6.74. The quantitative estimate of drug-likeness (QED) is 0.885. The third-order valence-electron chi connectivity index (χ3n) is 3.12. The van der Waals surface area contributed by atoms with Gasteiger partial charge in [-0.3, -0.25) is 0 Å². The molecule has 0 spiro atoms. The van der Waals surface area contributed by atoms with Gasteiger partial charge in [0.05, 0.1) is 12.2 Å². The molecular formula is C16H16F3NO. The van der Waals surface area contributed by atoms with E-state index in [0.29, 0.717) is 18.7 Å². The average molecular weight is 295 g/mol. The summed E-state index contributed by atoms with van der Waals surface area (Å²) in [4.78, 5) is 0. The summed E-state index contributed by atoms with van der Waals surface area (Å²) < 4.78 is 37.8. The molecule has 0 aromatic heterocycles. The molecule has 0 radical (unpaired) electrons. The highest BCUT2D eigenvalue weighted by molar-refractivity contribution is 5.26. The normalized spacial score (nSPS) is 11.6. The van der Waals surface area contributed by atoms with Crippen LogP contribution in [0.4, 0.5) is 13.2 Å². The molecule has 0 saturated carbocycles. The first-order valence-electron chi connectivity index (χ1n) is 6.54. The zero-order valence-corrected chi connectivity index (χ0v) is 11.3. The van der Waals surface area contributed by atoms with E-state index in [4.69, 9.17) is 5.11 Å². The molecule has 21 heavy (non-hydrogen) atoms. The minimum absolute atomic E-state index is 0.00204. The van der Waals surface area contributed by atoms with Crippen molar-refractivity contribution in [3.63, 3.8) is 0 Å². The molecule has 0 aliphatic heterocycles. The molecule has 0 bridgehead atoms. The highest BCUT2D eigenvalue weighted by Gasteiger charge is 2.30. The maximum atomic E-state index is 12.6. The maximum Gasteiger partial charge on any atom is 0.416 e. The van der Waals surface area contributed by atoms with Crippen molar-refractivity contribution in [1.29, 1.82) is 0 Å². The van der Waals surface area contributed by atoms with Crippen LogP contribution in [0.3, 0.4) is 0 Å². The van der Waals surface area contributed by atoms with Crippen LogP contribution < -0.4 is 5.32 Å². The number of rotatable bonds is 5. The molecular weight excluding hydrogens is 279 g/mol. The summed E-state index contributed by atoms with van der Waals surface area (Å²) >= 11 is 0. The fraction of sp³-hybridized carbons (Fsp3) is 0.250. The Morgan fingerprint density at radius 1 is 0.857 bits per heavy atom. The molecule has 0 aliphatic carbocycles. The molecule has 0 unspecified atom stereocenters. The van der Waals surface area contributed by atoms with E-state index in [9.17, 15) is 13.2 Å². The van der Waals surface area contributed by atoms with E-state index >= 15 is 0 Å². The van der Waals surface area contributed by atoms with E-state index in [1.165, 1.54) is 6.07 Å². The minimum atomic E-state index is -4.31. The van der Waals surface area contributed by atoms with Crippen LogP contribution in [0.15, 0.2) is 48.5 Å². The number of benzene rings is 2. The first kappa shape index (κ1) is 15.5. The molecule has 0 fully saturated rings. The van der Waals surface area contributed by atoms with Crippen molar-refractivity contribution in [2.75, 3.05) is 0 Å². The lowest BCUT2D eigenvalue weighted by Gasteiger charge is -2.10. The van der Waals surface area contributed by atoms with Gasteiger partial charge in [0, 0.05) is 13.1 Å². The molecule has 0 saturated heterocycles. The molecule has 0 amide bonds. The van der Waals surface area contributed by atoms with Crippen molar-refractivity contribution < 1.29 is 18.3 Å². The highest BCUT2D eigenvalue weighted by Crippen LogP contribution is 2.29. The Morgan fingerprint density at radius 3 is 2.10 bits per heavy atom. The number of hydrogen-bond acceptors (Lipinski definition) is 2. The van der Waals surface area contributed by atoms with Crippen LogP contribution in [-0.4, -0.2) is 5.11 Å². The molecule has 2 nitrogen and oxygen atoms in total. The highest BCUT2D eigenvalue weighted by atomic mass is 19.4. The van der Waals surface area contributed by atoms with Gasteiger partial charge in [-0.25, -0.2) is 0 Å². The number of hydrogen-bond donors (Lipinski definition) is 2. The summed E-state index contributed by atoms with van der Waals surface area (Å²) in [6, 6.07) is 12.7. The molecule has 2 aromatic rings. The molecule has 2 rings (SSSR count). The molecule has 0 heterocycles. The Morgan fingerprint density at radius 2 is 1.48 bits per heavy atom. The Balaban J connectivity index is 1.91. The summed E-state index contributed by atoms with van der Waals surface area (Å²) in [5.41, 5.74) is 1.81. The number of aliphatic hydroxyl groups excluding tert-OH is 1. The summed E-state index contributed by atoms with van der Waals surface area (Å²) in [6.07, 6.45) is -4.31. The van der Waals surface area contributed by atoms with E-state index in [-0.39, 0.29) is 6.61 Å². The van der Waals surface area contributed by atoms with Crippen LogP contribution >= 0.6 is 0 Å². The SMILES string of the molecule is OCc1ccc(CNCc2cccc(C(F)(F)F)c2)cc1. The first-order chi connectivity index (χ1) is 9.99. The smallest absolute Gasteiger partial charge is 0.392 e. The standard InChI is InChI=1S/C16H16F3NO/c17-16(18,19)15-3-1-2-14(8-15)10-20-9-12-4-6-13(11-21)7-5-12/h1-8,20-21H,9-11H2. The molecule has 0 atom stereocenters. The van der Waals surface area contributed by atoms with Gasteiger partial charge in [-0.05, 0) is 22.8 Å². The lowest BCUT2D eigenvalue weighted by molar-refractivity contribution is -0.137. The molecule has 0 aliphatic rings. The van der Waals surface area contributed by atoms with Gasteiger partial charge < -0.3 is 10.4 Å². The first-order valence-corrected chi connectivity index (χ1v) is 6.54. The van der Waals surface area contributed by atoms with Gasteiger partial charge in [-0.1, -0.05) is 42.5 Å². The van der Waals surface area contributed by atoms with Crippen LogP contribution in [0.1, 0.15) is 22.3 Å². The molecule has 112 valence electrons. The van der Waals surface area contributed by atoms with Gasteiger partial charge in [-0.2, -0.15) is 13.2 Å². The topological polar surface area (TPSA) is 32.3 Å². The number of aliphatic hydroxyl groups is 1. The lowest BCUT2D eigenvalue weighted by atomic mass is 10.1. The minimum Gasteiger partial charge on any atom is -0.392 e. The van der Waals surface area contributed by atoms with Crippen LogP contribution in [0, 0.1) is 0 Å². The van der Waals surface area contributed by atoms with Gasteiger partial charge >= 0.3 is 6.18 Å². The van der Waals surface area contributed by atoms with Gasteiger partial charge in [0.15, 0.2) is 0 Å². The van der Waals surface area contributed by atoms with Gasteiger partial charge in [0.25, 0.3) is 0 Å². The molecule has 2 N–H and O–H groups in total. The van der Waals surface area contributed by atoms with Crippen LogP contribution in [0.25, 0.3) is 0 Å². The third-order valence-corrected chi connectivity index (χ3v) is 3.12. The average Bonchev–Trinajstić information content (AvgIpc) is 2.47. The fourth-order valence-electron chi connectivity index (χ4n) is 1.97. The Bertz CT molecular complexity index is 579. The van der Waals surface area contributed by atoms with Crippen molar-refractivity contribution in [2.24, 2.45) is 0 Å². The van der Waals surface area contributed by atoms with Gasteiger partial charge in [-0.15, -0.1) is 0 Å². The lowest BCUT2D eigenvalue weighted by Crippen LogP contribution is -2.13. The summed E-state index contributed by atoms with van der Waals surface area (Å²) in [6.45, 7) is 0.922. The fourth-order valence-corrected chi connectivity index (χ4v) is 1.97. The van der Waals surface area contributed by atoms with Crippen LogP contribution in [0.2, 0.25) is 0 Å². The van der Waals surface area contributed by atoms with Crippen molar-refractivity contribution >= 4 is 0 Å². The van der Waals surface area contributed by atoms with Crippen LogP contribution in [0.5, 0.6) is 0 Å². The predicted molar refractivity (Wildman–Crippen MR) is 74.4 cm³/mol. The number of alkyl halides is 3. The zero-order chi connectivity index (χ0) is 15.3. The predicted octanol–water partition coefficient (Wildman–Crippen LogP) is 3.49.